The highest BCUT2D eigenvalue weighted by molar-refractivity contribution is 7.89. The average Bonchev–Trinajstić information content (AvgIpc) is 2.73. The smallest absolute Gasteiger partial charge is 0.353 e. The van der Waals surface area contributed by atoms with Crippen LogP contribution in [0.15, 0.2) is 53.4 Å². The number of hydrogen-bond donors (Lipinski definition) is 4. The molecule has 2 aromatic rings. The van der Waals surface area contributed by atoms with E-state index in [4.69, 9.17) is 10.9 Å². The van der Waals surface area contributed by atoms with Crippen LogP contribution >= 0.6 is 0 Å². The largest absolute Gasteiger partial charge is 0.407 e. The molecule has 182 valence electrons. The first kappa shape index (κ1) is 26.8. The van der Waals surface area contributed by atoms with Gasteiger partial charge in [-0.25, -0.2) is 13.6 Å². The summed E-state index contributed by atoms with van der Waals surface area (Å²) in [4.78, 5) is 12.4. The van der Waals surface area contributed by atoms with Crippen molar-refractivity contribution in [3.63, 3.8) is 0 Å². The first-order valence-corrected chi connectivity index (χ1v) is 11.9. The molecule has 0 aliphatic rings. The van der Waals surface area contributed by atoms with Crippen LogP contribution in [-0.2, 0) is 14.8 Å². The zero-order valence-corrected chi connectivity index (χ0v) is 19.2. The van der Waals surface area contributed by atoms with Crippen molar-refractivity contribution in [1.82, 2.24) is 10.6 Å². The Labute approximate surface area is 191 Å². The Morgan fingerprint density at radius 2 is 1.52 bits per heavy atom. The quantitative estimate of drug-likeness (QED) is 0.411. The summed E-state index contributed by atoms with van der Waals surface area (Å²) in [5.74, 6) is -0.544. The lowest BCUT2D eigenvalue weighted by molar-refractivity contribution is -0.161. The lowest BCUT2D eigenvalue weighted by atomic mass is 9.97. The molecule has 11 heteroatoms. The van der Waals surface area contributed by atoms with Gasteiger partial charge in [0, 0.05) is 13.1 Å². The van der Waals surface area contributed by atoms with Crippen LogP contribution in [0.1, 0.15) is 31.9 Å². The standard InChI is InChI=1S/C22H29F3N4O3S/c1-14(2)13-19(21(30)28-12-11-26)29-20(22(23,24)25)17-5-3-15(4-6-17)16-7-9-18(10-8-16)33(27,31)32/h3-10,14,19-20,29H,11-13,26H2,1-2H3,(H,28,30)(H2,27,31,32). The number of amides is 1. The van der Waals surface area contributed by atoms with Gasteiger partial charge in [0.15, 0.2) is 0 Å². The van der Waals surface area contributed by atoms with Gasteiger partial charge in [-0.15, -0.1) is 0 Å². The van der Waals surface area contributed by atoms with E-state index in [0.29, 0.717) is 11.1 Å². The molecule has 7 nitrogen and oxygen atoms in total. The Morgan fingerprint density at radius 3 is 1.94 bits per heavy atom. The number of nitrogens with two attached hydrogens (primary N) is 2. The summed E-state index contributed by atoms with van der Waals surface area (Å²) < 4.78 is 64.5. The number of carbonyl (C=O) groups is 1. The molecule has 2 aromatic carbocycles. The second kappa shape index (κ2) is 11.1. The minimum atomic E-state index is -4.64. The molecule has 0 heterocycles. The average molecular weight is 487 g/mol. The molecule has 2 atom stereocenters. The number of alkyl halides is 3. The van der Waals surface area contributed by atoms with Gasteiger partial charge in [0.05, 0.1) is 10.9 Å². The SMILES string of the molecule is CC(C)CC(NC(c1ccc(-c2ccc(S(N)(=O)=O)cc2)cc1)C(F)(F)F)C(=O)NCCN. The van der Waals surface area contributed by atoms with E-state index in [1.807, 2.05) is 13.8 Å². The summed E-state index contributed by atoms with van der Waals surface area (Å²) in [6, 6.07) is 8.28. The van der Waals surface area contributed by atoms with Crippen molar-refractivity contribution in [3.05, 3.63) is 54.1 Å². The fourth-order valence-corrected chi connectivity index (χ4v) is 3.84. The molecule has 0 aromatic heterocycles. The molecule has 1 amide bonds. The number of sulfonamides is 1. The molecule has 0 fully saturated rings. The molecule has 0 aliphatic carbocycles. The second-order valence-corrected chi connectivity index (χ2v) is 9.66. The third kappa shape index (κ3) is 7.81. The zero-order chi connectivity index (χ0) is 24.8. The molecular weight excluding hydrogens is 457 g/mol. The van der Waals surface area contributed by atoms with Crippen LogP contribution in [0.4, 0.5) is 13.2 Å². The van der Waals surface area contributed by atoms with Crippen LogP contribution in [0.5, 0.6) is 0 Å². The molecule has 0 spiro atoms. The number of nitrogens with one attached hydrogen (secondary N) is 2. The predicted octanol–water partition coefficient (Wildman–Crippen LogP) is 2.68. The second-order valence-electron chi connectivity index (χ2n) is 8.09. The number of benzene rings is 2. The Balaban J connectivity index is 2.30. The van der Waals surface area contributed by atoms with Gasteiger partial charge in [-0.2, -0.15) is 13.2 Å². The van der Waals surface area contributed by atoms with Crippen LogP contribution in [0.3, 0.4) is 0 Å². The maximum absolute atomic E-state index is 13.9. The monoisotopic (exact) mass is 486 g/mol. The van der Waals surface area contributed by atoms with E-state index in [9.17, 15) is 26.4 Å². The Kier molecular flexibility index (Phi) is 9.01. The van der Waals surface area contributed by atoms with Crippen molar-refractivity contribution < 1.29 is 26.4 Å². The van der Waals surface area contributed by atoms with Crippen LogP contribution in [0.2, 0.25) is 0 Å². The van der Waals surface area contributed by atoms with Gasteiger partial charge >= 0.3 is 6.18 Å². The van der Waals surface area contributed by atoms with E-state index in [1.165, 1.54) is 48.5 Å². The summed E-state index contributed by atoms with van der Waals surface area (Å²) in [5.41, 5.74) is 6.54. The third-order valence-electron chi connectivity index (χ3n) is 4.92. The van der Waals surface area contributed by atoms with Gasteiger partial charge < -0.3 is 11.1 Å². The highest BCUT2D eigenvalue weighted by Gasteiger charge is 2.42. The van der Waals surface area contributed by atoms with Crippen LogP contribution in [-0.4, -0.2) is 39.6 Å². The van der Waals surface area contributed by atoms with Gasteiger partial charge in [-0.05, 0) is 41.2 Å². The van der Waals surface area contributed by atoms with Gasteiger partial charge in [0.25, 0.3) is 0 Å². The van der Waals surface area contributed by atoms with Gasteiger partial charge in [-0.3, -0.25) is 10.1 Å². The summed E-state index contributed by atoms with van der Waals surface area (Å²) in [6.45, 7) is 4.00. The first-order valence-electron chi connectivity index (χ1n) is 10.4. The number of primary sulfonamides is 1. The fourth-order valence-electron chi connectivity index (χ4n) is 3.33. The van der Waals surface area contributed by atoms with Crippen molar-refractivity contribution in [3.8, 4) is 11.1 Å². The number of hydrogen-bond acceptors (Lipinski definition) is 5. The first-order chi connectivity index (χ1) is 15.3. The highest BCUT2D eigenvalue weighted by Crippen LogP contribution is 2.34. The van der Waals surface area contributed by atoms with E-state index >= 15 is 0 Å². The van der Waals surface area contributed by atoms with E-state index in [1.54, 1.807) is 0 Å². The van der Waals surface area contributed by atoms with Crippen molar-refractivity contribution >= 4 is 15.9 Å². The molecule has 33 heavy (non-hydrogen) atoms. The maximum Gasteiger partial charge on any atom is 0.407 e. The van der Waals surface area contributed by atoms with E-state index in [0.717, 1.165) is 0 Å². The van der Waals surface area contributed by atoms with Crippen LogP contribution in [0, 0.1) is 5.92 Å². The Morgan fingerprint density at radius 1 is 1.00 bits per heavy atom. The molecule has 0 saturated carbocycles. The molecule has 2 rings (SSSR count). The predicted molar refractivity (Wildman–Crippen MR) is 120 cm³/mol. The van der Waals surface area contributed by atoms with E-state index < -0.39 is 34.2 Å². The van der Waals surface area contributed by atoms with Gasteiger partial charge in [0.2, 0.25) is 15.9 Å². The van der Waals surface area contributed by atoms with Crippen molar-refractivity contribution in [2.45, 2.75) is 43.4 Å². The van der Waals surface area contributed by atoms with Crippen LogP contribution < -0.4 is 21.5 Å². The highest BCUT2D eigenvalue weighted by atomic mass is 32.2. The molecule has 0 saturated heterocycles. The van der Waals surface area contributed by atoms with Gasteiger partial charge in [0.1, 0.15) is 6.04 Å². The van der Waals surface area contributed by atoms with Crippen LogP contribution in [0.25, 0.3) is 11.1 Å². The number of rotatable bonds is 10. The fraction of sp³-hybridized carbons (Fsp3) is 0.409. The minimum absolute atomic E-state index is 0.0114. The summed E-state index contributed by atoms with van der Waals surface area (Å²) in [7, 11) is -3.84. The summed E-state index contributed by atoms with van der Waals surface area (Å²) >= 11 is 0. The van der Waals surface area contributed by atoms with Crippen molar-refractivity contribution in [2.24, 2.45) is 16.8 Å². The van der Waals surface area contributed by atoms with Crippen molar-refractivity contribution in [2.75, 3.05) is 13.1 Å². The number of halogens is 3. The van der Waals surface area contributed by atoms with Gasteiger partial charge in [-0.1, -0.05) is 50.2 Å². The molecule has 0 bridgehead atoms. The molecule has 0 radical (unpaired) electrons. The molecule has 0 aliphatic heterocycles. The summed E-state index contributed by atoms with van der Waals surface area (Å²) in [5, 5.41) is 10.1. The topological polar surface area (TPSA) is 127 Å². The lowest BCUT2D eigenvalue weighted by Gasteiger charge is -2.28. The zero-order valence-electron chi connectivity index (χ0n) is 18.4. The molecule has 2 unspecified atom stereocenters. The number of carbonyl (C=O) groups excluding carboxylic acids is 1. The molecular formula is C22H29F3N4O3S. The summed E-state index contributed by atoms with van der Waals surface area (Å²) in [6.07, 6.45) is -4.42. The minimum Gasteiger partial charge on any atom is -0.353 e. The Hall–Kier alpha value is -2.47. The third-order valence-corrected chi connectivity index (χ3v) is 5.85. The lowest BCUT2D eigenvalue weighted by Crippen LogP contribution is -2.50. The normalized spacial score (nSPS) is 14.2. The Bertz CT molecular complexity index is 1020. The maximum atomic E-state index is 13.9. The van der Waals surface area contributed by atoms with Crippen molar-refractivity contribution in [1.29, 1.82) is 0 Å². The molecule has 6 N–H and O–H groups in total. The van der Waals surface area contributed by atoms with E-state index in [-0.39, 0.29) is 35.9 Å². The van der Waals surface area contributed by atoms with E-state index in [2.05, 4.69) is 10.6 Å².